The van der Waals surface area contributed by atoms with E-state index >= 15 is 0 Å². The van der Waals surface area contributed by atoms with Crippen molar-refractivity contribution in [3.8, 4) is 5.69 Å². The van der Waals surface area contributed by atoms with Gasteiger partial charge in [0.15, 0.2) is 5.69 Å². The third-order valence-corrected chi connectivity index (χ3v) is 2.64. The van der Waals surface area contributed by atoms with Gasteiger partial charge in [-0.15, -0.1) is 5.10 Å². The molecule has 20 heavy (non-hydrogen) atoms. The molecule has 0 bridgehead atoms. The van der Waals surface area contributed by atoms with Crippen molar-refractivity contribution < 1.29 is 4.79 Å². The lowest BCUT2D eigenvalue weighted by atomic mass is 10.3. The number of nitrogens with one attached hydrogen (secondary N) is 2. The van der Waals surface area contributed by atoms with Crippen molar-refractivity contribution in [2.45, 2.75) is 6.54 Å². The molecule has 0 aliphatic heterocycles. The normalized spacial score (nSPS) is 10.4. The number of amides is 1. The van der Waals surface area contributed by atoms with Crippen LogP contribution in [0, 0.1) is 0 Å². The van der Waals surface area contributed by atoms with E-state index in [2.05, 4.69) is 31.0 Å². The molecule has 0 atom stereocenters. The Morgan fingerprint density at radius 2 is 2.15 bits per heavy atom. The van der Waals surface area contributed by atoms with Crippen molar-refractivity contribution in [1.82, 2.24) is 35.7 Å². The van der Waals surface area contributed by atoms with Crippen LogP contribution >= 0.6 is 0 Å². The van der Waals surface area contributed by atoms with E-state index in [-0.39, 0.29) is 18.1 Å². The molecule has 0 unspecified atom stereocenters. The van der Waals surface area contributed by atoms with Gasteiger partial charge in [0.05, 0.1) is 24.6 Å². The molecule has 0 radical (unpaired) electrons. The van der Waals surface area contributed by atoms with Crippen molar-refractivity contribution in [2.24, 2.45) is 0 Å². The number of para-hydroxylation sites is 1. The van der Waals surface area contributed by atoms with Crippen molar-refractivity contribution in [3.05, 3.63) is 54.1 Å². The number of carbonyl (C=O) groups excluding carboxylic acids is 1. The van der Waals surface area contributed by atoms with Crippen LogP contribution in [0.5, 0.6) is 0 Å². The van der Waals surface area contributed by atoms with Gasteiger partial charge in [-0.05, 0) is 12.1 Å². The number of hydrogen-bond acceptors (Lipinski definition) is 5. The number of hydrogen-bond donors (Lipinski definition) is 2. The number of H-pyrrole nitrogens is 1. The molecule has 8 nitrogen and oxygen atoms in total. The highest BCUT2D eigenvalue weighted by molar-refractivity contribution is 5.91. The van der Waals surface area contributed by atoms with Gasteiger partial charge in [-0.2, -0.15) is 15.4 Å². The molecule has 2 aromatic heterocycles. The maximum atomic E-state index is 11.9. The van der Waals surface area contributed by atoms with Gasteiger partial charge in [0.2, 0.25) is 0 Å². The minimum absolute atomic E-state index is 0.248. The van der Waals surface area contributed by atoms with Crippen molar-refractivity contribution >= 4 is 5.91 Å². The standard InChI is InChI=1S/C12H11N7O/c20-12(13-6-9-7-14-17-15-9)11-8-19(18-16-11)10-4-2-1-3-5-10/h1-5,7-8H,6H2,(H,13,20)(H,14,15,17). The van der Waals surface area contributed by atoms with Gasteiger partial charge in [-0.25, -0.2) is 4.68 Å². The summed E-state index contributed by atoms with van der Waals surface area (Å²) in [4.78, 5) is 11.9. The van der Waals surface area contributed by atoms with E-state index in [4.69, 9.17) is 0 Å². The van der Waals surface area contributed by atoms with E-state index < -0.39 is 0 Å². The molecule has 0 saturated heterocycles. The third-order valence-electron chi connectivity index (χ3n) is 2.64. The molecule has 8 heteroatoms. The van der Waals surface area contributed by atoms with Gasteiger partial charge < -0.3 is 5.32 Å². The van der Waals surface area contributed by atoms with Crippen LogP contribution in [0.15, 0.2) is 42.7 Å². The molecule has 0 fully saturated rings. The number of benzene rings is 1. The lowest BCUT2D eigenvalue weighted by Crippen LogP contribution is -2.23. The number of aromatic amines is 1. The first-order valence-electron chi connectivity index (χ1n) is 5.93. The predicted molar refractivity (Wildman–Crippen MR) is 68.9 cm³/mol. The summed E-state index contributed by atoms with van der Waals surface area (Å²) in [5.41, 5.74) is 1.74. The molecular weight excluding hydrogens is 258 g/mol. The molecule has 1 amide bonds. The summed E-state index contributed by atoms with van der Waals surface area (Å²) in [7, 11) is 0. The van der Waals surface area contributed by atoms with Crippen molar-refractivity contribution in [3.63, 3.8) is 0 Å². The van der Waals surface area contributed by atoms with Crippen LogP contribution in [0.3, 0.4) is 0 Å². The average Bonchev–Trinajstić information content (AvgIpc) is 3.17. The van der Waals surface area contributed by atoms with Gasteiger partial charge >= 0.3 is 0 Å². The monoisotopic (exact) mass is 269 g/mol. The minimum Gasteiger partial charge on any atom is -0.345 e. The largest absolute Gasteiger partial charge is 0.345 e. The second-order valence-corrected chi connectivity index (χ2v) is 4.03. The SMILES string of the molecule is O=C(NCc1cn[nH]n1)c1cn(-c2ccccc2)nn1. The van der Waals surface area contributed by atoms with Gasteiger partial charge in [0.25, 0.3) is 5.91 Å². The maximum Gasteiger partial charge on any atom is 0.273 e. The average molecular weight is 269 g/mol. The highest BCUT2D eigenvalue weighted by Gasteiger charge is 2.11. The number of aromatic nitrogens is 6. The number of rotatable bonds is 4. The first-order valence-corrected chi connectivity index (χ1v) is 5.93. The van der Waals surface area contributed by atoms with Gasteiger partial charge in [-0.3, -0.25) is 4.79 Å². The van der Waals surface area contributed by atoms with Crippen LogP contribution in [-0.2, 0) is 6.54 Å². The first-order chi connectivity index (χ1) is 9.83. The lowest BCUT2D eigenvalue weighted by molar-refractivity contribution is 0.0945. The van der Waals surface area contributed by atoms with E-state index in [0.717, 1.165) is 5.69 Å². The Kier molecular flexibility index (Phi) is 3.19. The fourth-order valence-corrected chi connectivity index (χ4v) is 1.65. The van der Waals surface area contributed by atoms with Crippen LogP contribution in [0.2, 0.25) is 0 Å². The summed E-state index contributed by atoms with van der Waals surface area (Å²) in [6.45, 7) is 0.285. The Hall–Kier alpha value is -3.03. The van der Waals surface area contributed by atoms with Crippen LogP contribution < -0.4 is 5.32 Å². The zero-order valence-corrected chi connectivity index (χ0v) is 10.4. The molecule has 0 aliphatic carbocycles. The summed E-state index contributed by atoms with van der Waals surface area (Å²) in [5, 5.41) is 20.4. The van der Waals surface area contributed by atoms with Crippen molar-refractivity contribution in [1.29, 1.82) is 0 Å². The summed E-state index contributed by atoms with van der Waals surface area (Å²) < 4.78 is 1.55. The smallest absolute Gasteiger partial charge is 0.273 e. The third kappa shape index (κ3) is 2.53. The summed E-state index contributed by atoms with van der Waals surface area (Å²) in [5.74, 6) is -0.310. The van der Waals surface area contributed by atoms with Crippen LogP contribution in [-0.4, -0.2) is 36.3 Å². The second-order valence-electron chi connectivity index (χ2n) is 4.03. The van der Waals surface area contributed by atoms with Gasteiger partial charge in [0.1, 0.15) is 5.69 Å². The molecule has 0 saturated carbocycles. The van der Waals surface area contributed by atoms with Crippen LogP contribution in [0.25, 0.3) is 5.69 Å². The van der Waals surface area contributed by atoms with Gasteiger partial charge in [-0.1, -0.05) is 23.4 Å². The summed E-state index contributed by atoms with van der Waals surface area (Å²) in [6, 6.07) is 9.45. The molecule has 100 valence electrons. The van der Waals surface area contributed by atoms with Gasteiger partial charge in [0, 0.05) is 0 Å². The molecule has 1 aromatic carbocycles. The summed E-state index contributed by atoms with van der Waals surface area (Å²) in [6.07, 6.45) is 3.12. The summed E-state index contributed by atoms with van der Waals surface area (Å²) >= 11 is 0. The maximum absolute atomic E-state index is 11.9. The highest BCUT2D eigenvalue weighted by atomic mass is 16.2. The van der Waals surface area contributed by atoms with Crippen molar-refractivity contribution in [2.75, 3.05) is 0 Å². The second kappa shape index (κ2) is 5.31. The number of carbonyl (C=O) groups is 1. The first kappa shape index (κ1) is 12.0. The predicted octanol–water partition coefficient (Wildman–Crippen LogP) is 0.315. The van der Waals surface area contributed by atoms with Crippen LogP contribution in [0.1, 0.15) is 16.2 Å². The topological polar surface area (TPSA) is 101 Å². The molecular formula is C12H11N7O. The quantitative estimate of drug-likeness (QED) is 0.710. The van der Waals surface area contributed by atoms with E-state index in [1.54, 1.807) is 17.1 Å². The Labute approximate surface area is 113 Å². The minimum atomic E-state index is -0.310. The Morgan fingerprint density at radius 1 is 1.30 bits per heavy atom. The fourth-order valence-electron chi connectivity index (χ4n) is 1.65. The van der Waals surface area contributed by atoms with E-state index in [1.807, 2.05) is 30.3 Å². The van der Waals surface area contributed by atoms with E-state index in [9.17, 15) is 4.79 Å². The fraction of sp³-hybridized carbons (Fsp3) is 0.0833. The highest BCUT2D eigenvalue weighted by Crippen LogP contribution is 2.05. The molecule has 0 aliphatic rings. The Morgan fingerprint density at radius 3 is 2.90 bits per heavy atom. The molecule has 0 spiro atoms. The van der Waals surface area contributed by atoms with Crippen LogP contribution in [0.4, 0.5) is 0 Å². The van der Waals surface area contributed by atoms with E-state index in [1.165, 1.54) is 0 Å². The lowest BCUT2D eigenvalue weighted by Gasteiger charge is -1.99. The molecule has 2 N–H and O–H groups in total. The zero-order chi connectivity index (χ0) is 13.8. The van der Waals surface area contributed by atoms with E-state index in [0.29, 0.717) is 5.69 Å². The Bertz CT molecular complexity index is 690. The Balaban J connectivity index is 1.69. The number of nitrogens with zero attached hydrogens (tertiary/aromatic N) is 5. The molecule has 3 aromatic rings. The molecule has 2 heterocycles. The zero-order valence-electron chi connectivity index (χ0n) is 10.4. The molecule has 3 rings (SSSR count).